The van der Waals surface area contributed by atoms with Crippen LogP contribution in [0.15, 0.2) is 73.1 Å². The van der Waals surface area contributed by atoms with Crippen LogP contribution in [0.25, 0.3) is 11.0 Å². The van der Waals surface area contributed by atoms with Gasteiger partial charge >= 0.3 is 0 Å². The Morgan fingerprint density at radius 1 is 1.00 bits per heavy atom. The Balaban J connectivity index is 1.33. The molecule has 1 N–H and O–H groups in total. The summed E-state index contributed by atoms with van der Waals surface area (Å²) in [4.78, 5) is 21.1. The first kappa shape index (κ1) is 22.3. The highest BCUT2D eigenvalue weighted by Crippen LogP contribution is 2.26. The molecular formula is C26H28N4O3. The minimum absolute atomic E-state index is 0.126. The SMILES string of the molecule is COc1ccccc1OCCCCn1c(CCNC(=O)c2cccnc2)nc2ccccc21. The van der Waals surface area contributed by atoms with E-state index in [1.807, 2.05) is 42.5 Å². The smallest absolute Gasteiger partial charge is 0.252 e. The summed E-state index contributed by atoms with van der Waals surface area (Å²) in [6.07, 6.45) is 5.73. The van der Waals surface area contributed by atoms with E-state index in [1.54, 1.807) is 31.6 Å². The van der Waals surface area contributed by atoms with Gasteiger partial charge in [-0.2, -0.15) is 0 Å². The third-order valence-electron chi connectivity index (χ3n) is 5.39. The Kier molecular flexibility index (Phi) is 7.53. The van der Waals surface area contributed by atoms with E-state index in [0.717, 1.165) is 47.7 Å². The third-order valence-corrected chi connectivity index (χ3v) is 5.39. The van der Waals surface area contributed by atoms with E-state index < -0.39 is 0 Å². The molecule has 0 aliphatic carbocycles. The van der Waals surface area contributed by atoms with Crippen LogP contribution >= 0.6 is 0 Å². The van der Waals surface area contributed by atoms with Crippen LogP contribution in [0.5, 0.6) is 11.5 Å². The maximum Gasteiger partial charge on any atom is 0.252 e. The lowest BCUT2D eigenvalue weighted by atomic mass is 10.2. The molecule has 7 nitrogen and oxygen atoms in total. The van der Waals surface area contributed by atoms with Crippen molar-refractivity contribution in [2.75, 3.05) is 20.3 Å². The van der Waals surface area contributed by atoms with Gasteiger partial charge in [-0.3, -0.25) is 9.78 Å². The molecule has 0 unspecified atom stereocenters. The summed E-state index contributed by atoms with van der Waals surface area (Å²) < 4.78 is 13.5. The number of amides is 1. The van der Waals surface area contributed by atoms with Gasteiger partial charge in [0.2, 0.25) is 0 Å². The van der Waals surface area contributed by atoms with Crippen molar-refractivity contribution < 1.29 is 14.3 Å². The highest BCUT2D eigenvalue weighted by molar-refractivity contribution is 5.93. The van der Waals surface area contributed by atoms with Gasteiger partial charge in [-0.1, -0.05) is 24.3 Å². The number of para-hydroxylation sites is 4. The quantitative estimate of drug-likeness (QED) is 0.350. The number of rotatable bonds is 11. The zero-order valence-electron chi connectivity index (χ0n) is 18.7. The number of fused-ring (bicyclic) bond motifs is 1. The number of carbonyl (C=O) groups excluding carboxylic acids is 1. The lowest BCUT2D eigenvalue weighted by Crippen LogP contribution is -2.26. The van der Waals surface area contributed by atoms with Gasteiger partial charge in [-0.05, 0) is 49.2 Å². The largest absolute Gasteiger partial charge is 0.493 e. The monoisotopic (exact) mass is 444 g/mol. The number of aromatic nitrogens is 3. The molecule has 4 aromatic rings. The Labute approximate surface area is 193 Å². The molecular weight excluding hydrogens is 416 g/mol. The van der Waals surface area contributed by atoms with Crippen molar-refractivity contribution in [3.8, 4) is 11.5 Å². The zero-order chi connectivity index (χ0) is 22.9. The molecule has 4 rings (SSSR count). The highest BCUT2D eigenvalue weighted by atomic mass is 16.5. The first-order valence-corrected chi connectivity index (χ1v) is 11.1. The van der Waals surface area contributed by atoms with Gasteiger partial charge in [0.15, 0.2) is 11.5 Å². The van der Waals surface area contributed by atoms with E-state index in [1.165, 1.54) is 0 Å². The molecule has 0 fully saturated rings. The molecule has 0 saturated carbocycles. The molecule has 0 aliphatic heterocycles. The number of pyridine rings is 1. The van der Waals surface area contributed by atoms with Gasteiger partial charge in [0.05, 0.1) is 30.3 Å². The minimum Gasteiger partial charge on any atom is -0.493 e. The number of unbranched alkanes of at least 4 members (excludes halogenated alkanes) is 1. The second-order valence-electron chi connectivity index (χ2n) is 7.62. The highest BCUT2D eigenvalue weighted by Gasteiger charge is 2.11. The maximum atomic E-state index is 12.3. The fraction of sp³-hybridized carbons (Fsp3) is 0.269. The van der Waals surface area contributed by atoms with Crippen LogP contribution in [0.2, 0.25) is 0 Å². The first-order valence-electron chi connectivity index (χ1n) is 11.1. The summed E-state index contributed by atoms with van der Waals surface area (Å²) in [6, 6.07) is 19.3. The van der Waals surface area contributed by atoms with Crippen molar-refractivity contribution in [1.29, 1.82) is 0 Å². The van der Waals surface area contributed by atoms with Crippen molar-refractivity contribution in [2.45, 2.75) is 25.8 Å². The molecule has 2 heterocycles. The summed E-state index contributed by atoms with van der Waals surface area (Å²) in [5.74, 6) is 2.35. The minimum atomic E-state index is -0.126. The van der Waals surface area contributed by atoms with Crippen molar-refractivity contribution in [3.63, 3.8) is 0 Å². The van der Waals surface area contributed by atoms with E-state index in [4.69, 9.17) is 14.5 Å². The normalized spacial score (nSPS) is 10.8. The molecule has 0 bridgehead atoms. The van der Waals surface area contributed by atoms with E-state index >= 15 is 0 Å². The summed E-state index contributed by atoms with van der Waals surface area (Å²) in [5.41, 5.74) is 2.63. The Bertz CT molecular complexity index is 1190. The van der Waals surface area contributed by atoms with Crippen LogP contribution in [-0.2, 0) is 13.0 Å². The predicted octanol–water partition coefficient (Wildman–Crippen LogP) is 4.27. The summed E-state index contributed by atoms with van der Waals surface area (Å²) in [5, 5.41) is 2.96. The Hall–Kier alpha value is -3.87. The molecule has 2 aromatic carbocycles. The molecule has 2 aromatic heterocycles. The Morgan fingerprint density at radius 2 is 1.82 bits per heavy atom. The number of hydrogen-bond acceptors (Lipinski definition) is 5. The second-order valence-corrected chi connectivity index (χ2v) is 7.62. The number of imidazole rings is 1. The number of nitrogens with one attached hydrogen (secondary N) is 1. The number of methoxy groups -OCH3 is 1. The summed E-state index contributed by atoms with van der Waals surface area (Å²) >= 11 is 0. The van der Waals surface area contributed by atoms with Gasteiger partial charge in [0.25, 0.3) is 5.91 Å². The number of hydrogen-bond donors (Lipinski definition) is 1. The fourth-order valence-electron chi connectivity index (χ4n) is 3.74. The van der Waals surface area contributed by atoms with Crippen LogP contribution in [0.3, 0.4) is 0 Å². The molecule has 0 saturated heterocycles. The van der Waals surface area contributed by atoms with Gasteiger partial charge < -0.3 is 19.4 Å². The molecule has 170 valence electrons. The van der Waals surface area contributed by atoms with Crippen LogP contribution < -0.4 is 14.8 Å². The van der Waals surface area contributed by atoms with Crippen LogP contribution in [0, 0.1) is 0 Å². The maximum absolute atomic E-state index is 12.3. The Morgan fingerprint density at radius 3 is 2.64 bits per heavy atom. The standard InChI is InChI=1S/C26H28N4O3/c1-32-23-12-4-5-13-24(23)33-18-7-6-17-30-22-11-3-2-10-21(22)29-25(30)14-16-28-26(31)20-9-8-15-27-19-20/h2-5,8-13,15,19H,6-7,14,16-18H2,1H3,(H,28,31). The number of benzene rings is 2. The lowest BCUT2D eigenvalue weighted by Gasteiger charge is -2.12. The number of nitrogens with zero attached hydrogens (tertiary/aromatic N) is 3. The third kappa shape index (κ3) is 5.68. The zero-order valence-corrected chi connectivity index (χ0v) is 18.7. The number of ether oxygens (including phenoxy) is 2. The van der Waals surface area contributed by atoms with E-state index in [0.29, 0.717) is 25.1 Å². The predicted molar refractivity (Wildman–Crippen MR) is 128 cm³/mol. The van der Waals surface area contributed by atoms with Crippen LogP contribution in [0.1, 0.15) is 29.0 Å². The van der Waals surface area contributed by atoms with Crippen molar-refractivity contribution in [1.82, 2.24) is 19.9 Å². The van der Waals surface area contributed by atoms with Crippen molar-refractivity contribution in [2.24, 2.45) is 0 Å². The van der Waals surface area contributed by atoms with Gasteiger partial charge in [0.1, 0.15) is 5.82 Å². The fourth-order valence-corrected chi connectivity index (χ4v) is 3.74. The number of carbonyl (C=O) groups is 1. The lowest BCUT2D eigenvalue weighted by molar-refractivity contribution is 0.0953. The molecule has 33 heavy (non-hydrogen) atoms. The summed E-state index contributed by atoms with van der Waals surface area (Å²) in [6.45, 7) is 1.96. The second kappa shape index (κ2) is 11.1. The number of aryl methyl sites for hydroxylation is 1. The molecule has 1 amide bonds. The van der Waals surface area contributed by atoms with Crippen LogP contribution in [0.4, 0.5) is 0 Å². The first-order chi connectivity index (χ1) is 16.3. The molecule has 0 spiro atoms. The van der Waals surface area contributed by atoms with Gasteiger partial charge in [-0.15, -0.1) is 0 Å². The topological polar surface area (TPSA) is 78.3 Å². The van der Waals surface area contributed by atoms with E-state index in [-0.39, 0.29) is 5.91 Å². The van der Waals surface area contributed by atoms with Gasteiger partial charge in [0, 0.05) is 31.9 Å². The van der Waals surface area contributed by atoms with Gasteiger partial charge in [-0.25, -0.2) is 4.98 Å². The average Bonchev–Trinajstić information content (AvgIpc) is 3.22. The average molecular weight is 445 g/mol. The molecule has 0 atom stereocenters. The van der Waals surface area contributed by atoms with E-state index in [2.05, 4.69) is 20.9 Å². The summed E-state index contributed by atoms with van der Waals surface area (Å²) in [7, 11) is 1.65. The molecule has 7 heteroatoms. The van der Waals surface area contributed by atoms with Crippen molar-refractivity contribution in [3.05, 3.63) is 84.4 Å². The van der Waals surface area contributed by atoms with Crippen LogP contribution in [-0.4, -0.2) is 40.7 Å². The molecule has 0 aliphatic rings. The van der Waals surface area contributed by atoms with Crippen molar-refractivity contribution >= 4 is 16.9 Å². The van der Waals surface area contributed by atoms with E-state index in [9.17, 15) is 4.79 Å². The molecule has 0 radical (unpaired) electrons.